The minimum absolute atomic E-state index is 0.138. The van der Waals surface area contributed by atoms with Crippen molar-refractivity contribution in [3.8, 4) is 17.2 Å². The van der Waals surface area contributed by atoms with E-state index in [1.807, 2.05) is 42.5 Å². The minimum Gasteiger partial charge on any atom is -0.465 e. The second-order valence-electron chi connectivity index (χ2n) is 6.69. The van der Waals surface area contributed by atoms with Crippen LogP contribution < -0.4 is 10.6 Å². The lowest BCUT2D eigenvalue weighted by atomic mass is 9.98. The monoisotopic (exact) mass is 414 g/mol. The molecule has 7 heteroatoms. The van der Waals surface area contributed by atoms with Crippen molar-refractivity contribution < 1.29 is 14.3 Å². The molecular weight excluding hydrogens is 392 g/mol. The van der Waals surface area contributed by atoms with Crippen molar-refractivity contribution in [2.75, 3.05) is 17.7 Å². The van der Waals surface area contributed by atoms with Gasteiger partial charge in [0.05, 0.1) is 24.4 Å². The summed E-state index contributed by atoms with van der Waals surface area (Å²) in [7, 11) is 1.37. The first-order chi connectivity index (χ1) is 15.1. The summed E-state index contributed by atoms with van der Waals surface area (Å²) in [6.45, 7) is 0.497. The van der Waals surface area contributed by atoms with Crippen LogP contribution in [0.25, 0.3) is 11.1 Å². The standard InChI is InChI=1S/C24H22N4O3/c1-31-24(30)20-7-3-2-6-19(20)18-12-10-17(11-13-18)16-27-23-21(8-5-15-26-23)28-22(29)9-4-14-25/h2-3,5-8,10-13,15H,4,9,16H2,1H3,(H,26,27)(H,28,29). The average Bonchev–Trinajstić information content (AvgIpc) is 2.82. The van der Waals surface area contributed by atoms with Gasteiger partial charge in [-0.15, -0.1) is 0 Å². The maximum atomic E-state index is 12.0. The third kappa shape index (κ3) is 5.67. The number of nitrogens with zero attached hydrogens (tertiary/aromatic N) is 2. The number of methoxy groups -OCH3 is 1. The summed E-state index contributed by atoms with van der Waals surface area (Å²) in [5.74, 6) is -0.0556. The zero-order chi connectivity index (χ0) is 22.1. The first-order valence-corrected chi connectivity index (χ1v) is 9.74. The second-order valence-corrected chi connectivity index (χ2v) is 6.69. The van der Waals surface area contributed by atoms with Gasteiger partial charge in [-0.3, -0.25) is 4.79 Å². The highest BCUT2D eigenvalue weighted by Gasteiger charge is 2.12. The zero-order valence-electron chi connectivity index (χ0n) is 17.1. The van der Waals surface area contributed by atoms with Gasteiger partial charge >= 0.3 is 5.97 Å². The molecule has 0 aliphatic carbocycles. The van der Waals surface area contributed by atoms with E-state index in [2.05, 4.69) is 15.6 Å². The molecule has 0 saturated carbocycles. The van der Waals surface area contributed by atoms with Crippen molar-refractivity contribution in [1.82, 2.24) is 4.98 Å². The van der Waals surface area contributed by atoms with Crippen molar-refractivity contribution in [3.63, 3.8) is 0 Å². The van der Waals surface area contributed by atoms with Gasteiger partial charge in [-0.05, 0) is 34.9 Å². The van der Waals surface area contributed by atoms with Gasteiger partial charge in [0, 0.05) is 25.6 Å². The van der Waals surface area contributed by atoms with Crippen molar-refractivity contribution >= 4 is 23.4 Å². The van der Waals surface area contributed by atoms with Gasteiger partial charge in [-0.1, -0.05) is 42.5 Å². The summed E-state index contributed by atoms with van der Waals surface area (Å²) in [6, 6.07) is 20.6. The number of ether oxygens (including phenoxy) is 1. The molecule has 0 aliphatic rings. The average molecular weight is 414 g/mol. The predicted octanol–water partition coefficient (Wildman–Crippen LogP) is 4.39. The minimum atomic E-state index is -0.374. The van der Waals surface area contributed by atoms with E-state index < -0.39 is 0 Å². The molecule has 0 fully saturated rings. The van der Waals surface area contributed by atoms with Gasteiger partial charge in [0.15, 0.2) is 0 Å². The lowest BCUT2D eigenvalue weighted by Crippen LogP contribution is -2.13. The molecule has 0 unspecified atom stereocenters. The Kier molecular flexibility index (Phi) is 7.33. The molecule has 0 radical (unpaired) electrons. The molecule has 31 heavy (non-hydrogen) atoms. The lowest BCUT2D eigenvalue weighted by molar-refractivity contribution is -0.116. The van der Waals surface area contributed by atoms with Crippen LogP contribution in [0.2, 0.25) is 0 Å². The number of rotatable bonds is 8. The Morgan fingerprint density at radius 3 is 2.58 bits per heavy atom. The molecule has 0 spiro atoms. The summed E-state index contributed by atoms with van der Waals surface area (Å²) >= 11 is 0. The number of nitrogens with one attached hydrogen (secondary N) is 2. The third-order valence-corrected chi connectivity index (χ3v) is 4.60. The Labute approximate surface area is 180 Å². The van der Waals surface area contributed by atoms with E-state index in [1.165, 1.54) is 7.11 Å². The van der Waals surface area contributed by atoms with Crippen LogP contribution in [-0.4, -0.2) is 24.0 Å². The number of esters is 1. The summed E-state index contributed by atoms with van der Waals surface area (Å²) in [4.78, 5) is 28.2. The first kappa shape index (κ1) is 21.5. The smallest absolute Gasteiger partial charge is 0.338 e. The predicted molar refractivity (Wildman–Crippen MR) is 118 cm³/mol. The number of benzene rings is 2. The number of pyridine rings is 1. The zero-order valence-corrected chi connectivity index (χ0v) is 17.1. The molecule has 1 aromatic heterocycles. The van der Waals surface area contributed by atoms with Gasteiger partial charge in [-0.2, -0.15) is 5.26 Å². The second kappa shape index (κ2) is 10.6. The van der Waals surface area contributed by atoms with Crippen molar-refractivity contribution in [2.24, 2.45) is 0 Å². The highest BCUT2D eigenvalue weighted by atomic mass is 16.5. The van der Waals surface area contributed by atoms with Crippen LogP contribution in [0.5, 0.6) is 0 Å². The number of aromatic nitrogens is 1. The number of anilines is 2. The number of carbonyl (C=O) groups excluding carboxylic acids is 2. The van der Waals surface area contributed by atoms with Crippen LogP contribution >= 0.6 is 0 Å². The molecular formula is C24H22N4O3. The highest BCUT2D eigenvalue weighted by molar-refractivity contribution is 5.97. The van der Waals surface area contributed by atoms with E-state index in [9.17, 15) is 9.59 Å². The van der Waals surface area contributed by atoms with Crippen LogP contribution in [0.4, 0.5) is 11.5 Å². The number of hydrogen-bond donors (Lipinski definition) is 2. The maximum Gasteiger partial charge on any atom is 0.338 e. The fourth-order valence-corrected chi connectivity index (χ4v) is 3.04. The molecule has 0 aliphatic heterocycles. The van der Waals surface area contributed by atoms with E-state index >= 15 is 0 Å². The Balaban J connectivity index is 1.69. The van der Waals surface area contributed by atoms with E-state index in [0.717, 1.165) is 16.7 Å². The lowest BCUT2D eigenvalue weighted by Gasteiger charge is -2.12. The molecule has 3 aromatic rings. The summed E-state index contributed by atoms with van der Waals surface area (Å²) in [6.07, 6.45) is 1.94. The molecule has 1 heterocycles. The van der Waals surface area contributed by atoms with Gasteiger partial charge in [-0.25, -0.2) is 9.78 Å². The largest absolute Gasteiger partial charge is 0.465 e. The van der Waals surface area contributed by atoms with E-state index in [4.69, 9.17) is 10.00 Å². The van der Waals surface area contributed by atoms with Gasteiger partial charge in [0.25, 0.3) is 0 Å². The Bertz CT molecular complexity index is 1100. The van der Waals surface area contributed by atoms with Crippen LogP contribution in [-0.2, 0) is 16.1 Å². The fraction of sp³-hybridized carbons (Fsp3) is 0.167. The Morgan fingerprint density at radius 1 is 1.06 bits per heavy atom. The first-order valence-electron chi connectivity index (χ1n) is 9.74. The Hall–Kier alpha value is -4.18. The third-order valence-electron chi connectivity index (χ3n) is 4.60. The SMILES string of the molecule is COC(=O)c1ccccc1-c1ccc(CNc2ncccc2NC(=O)CCC#N)cc1. The number of nitriles is 1. The van der Waals surface area contributed by atoms with Crippen molar-refractivity contribution in [3.05, 3.63) is 78.0 Å². The number of amides is 1. The van der Waals surface area contributed by atoms with Crippen LogP contribution in [0, 0.1) is 11.3 Å². The molecule has 2 aromatic carbocycles. The summed E-state index contributed by atoms with van der Waals surface area (Å²) < 4.78 is 4.87. The van der Waals surface area contributed by atoms with Gasteiger partial charge in [0.1, 0.15) is 5.82 Å². The van der Waals surface area contributed by atoms with E-state index in [-0.39, 0.29) is 24.7 Å². The van der Waals surface area contributed by atoms with Crippen molar-refractivity contribution in [1.29, 1.82) is 5.26 Å². The summed E-state index contributed by atoms with van der Waals surface area (Å²) in [5, 5.41) is 14.6. The van der Waals surface area contributed by atoms with Crippen LogP contribution in [0.1, 0.15) is 28.8 Å². The fourth-order valence-electron chi connectivity index (χ4n) is 3.04. The highest BCUT2D eigenvalue weighted by Crippen LogP contribution is 2.25. The normalized spacial score (nSPS) is 10.1. The molecule has 2 N–H and O–H groups in total. The van der Waals surface area contributed by atoms with Gasteiger partial charge in [0.2, 0.25) is 5.91 Å². The maximum absolute atomic E-state index is 12.0. The topological polar surface area (TPSA) is 104 Å². The molecule has 3 rings (SSSR count). The summed E-state index contributed by atoms with van der Waals surface area (Å²) in [5.41, 5.74) is 3.80. The molecule has 0 bridgehead atoms. The molecule has 0 atom stereocenters. The Morgan fingerprint density at radius 2 is 1.84 bits per heavy atom. The number of carbonyl (C=O) groups is 2. The quantitative estimate of drug-likeness (QED) is 0.530. The number of hydrogen-bond acceptors (Lipinski definition) is 6. The molecule has 1 amide bonds. The van der Waals surface area contributed by atoms with Crippen LogP contribution in [0.3, 0.4) is 0 Å². The van der Waals surface area contributed by atoms with Gasteiger partial charge < -0.3 is 15.4 Å². The van der Waals surface area contributed by atoms with Crippen molar-refractivity contribution in [2.45, 2.75) is 19.4 Å². The molecule has 0 saturated heterocycles. The van der Waals surface area contributed by atoms with Crippen LogP contribution in [0.15, 0.2) is 66.9 Å². The molecule has 156 valence electrons. The van der Waals surface area contributed by atoms with E-state index in [1.54, 1.807) is 30.5 Å². The molecule has 7 nitrogen and oxygen atoms in total. The van der Waals surface area contributed by atoms with E-state index in [0.29, 0.717) is 23.6 Å².